The SMILES string of the molecule is COc1cc(-c2nc(N3CCC3)c3ccc(NC(=O)c4cc(CNC(=O)C5CCCC5)ccc4Cl)cc3n2)ccn1. The van der Waals surface area contributed by atoms with E-state index in [0.29, 0.717) is 40.0 Å². The second kappa shape index (κ2) is 11.7. The number of rotatable bonds is 8. The molecule has 210 valence electrons. The average Bonchev–Trinajstić information content (AvgIpc) is 3.51. The summed E-state index contributed by atoms with van der Waals surface area (Å²) in [7, 11) is 1.57. The van der Waals surface area contributed by atoms with Crippen molar-refractivity contribution in [3.8, 4) is 17.3 Å². The minimum Gasteiger partial charge on any atom is -0.481 e. The van der Waals surface area contributed by atoms with Gasteiger partial charge in [0.05, 0.1) is 23.2 Å². The zero-order valence-corrected chi connectivity index (χ0v) is 23.6. The summed E-state index contributed by atoms with van der Waals surface area (Å²) in [5, 5.41) is 7.22. The second-order valence-corrected chi connectivity index (χ2v) is 10.9. The van der Waals surface area contributed by atoms with E-state index in [1.165, 1.54) is 0 Å². The molecule has 1 saturated carbocycles. The molecule has 10 heteroatoms. The van der Waals surface area contributed by atoms with Crippen LogP contribution in [0.25, 0.3) is 22.3 Å². The number of aromatic nitrogens is 3. The highest BCUT2D eigenvalue weighted by atomic mass is 35.5. The molecule has 2 aromatic carbocycles. The molecule has 2 amide bonds. The molecule has 0 radical (unpaired) electrons. The molecule has 6 rings (SSSR count). The quantitative estimate of drug-likeness (QED) is 0.283. The summed E-state index contributed by atoms with van der Waals surface area (Å²) in [4.78, 5) is 41.9. The fourth-order valence-corrected chi connectivity index (χ4v) is 5.53. The number of nitrogens with zero attached hydrogens (tertiary/aromatic N) is 4. The fourth-order valence-electron chi connectivity index (χ4n) is 5.33. The van der Waals surface area contributed by atoms with Crippen molar-refractivity contribution in [2.45, 2.75) is 38.6 Å². The molecule has 0 atom stereocenters. The lowest BCUT2D eigenvalue weighted by Gasteiger charge is -2.33. The number of fused-ring (bicyclic) bond motifs is 1. The largest absolute Gasteiger partial charge is 0.481 e. The number of ether oxygens (including phenoxy) is 1. The van der Waals surface area contributed by atoms with Crippen molar-refractivity contribution in [3.05, 3.63) is 70.9 Å². The van der Waals surface area contributed by atoms with E-state index in [0.717, 1.165) is 67.5 Å². The van der Waals surface area contributed by atoms with Crippen molar-refractivity contribution in [2.75, 3.05) is 30.4 Å². The maximum atomic E-state index is 13.3. The predicted molar refractivity (Wildman–Crippen MR) is 159 cm³/mol. The predicted octanol–water partition coefficient (Wildman–Crippen LogP) is 5.62. The molecule has 1 saturated heterocycles. The first-order valence-electron chi connectivity index (χ1n) is 13.9. The van der Waals surface area contributed by atoms with E-state index in [1.54, 1.807) is 31.5 Å². The van der Waals surface area contributed by atoms with E-state index >= 15 is 0 Å². The zero-order chi connectivity index (χ0) is 28.3. The third-order valence-electron chi connectivity index (χ3n) is 7.76. The van der Waals surface area contributed by atoms with Gasteiger partial charge < -0.3 is 20.3 Å². The number of carbonyl (C=O) groups excluding carboxylic acids is 2. The van der Waals surface area contributed by atoms with Gasteiger partial charge in [-0.05, 0) is 61.2 Å². The van der Waals surface area contributed by atoms with Gasteiger partial charge in [0.1, 0.15) is 5.82 Å². The van der Waals surface area contributed by atoms with Crippen LogP contribution in [0.15, 0.2) is 54.7 Å². The van der Waals surface area contributed by atoms with Gasteiger partial charge in [-0.1, -0.05) is 30.5 Å². The Labute approximate surface area is 243 Å². The molecule has 2 N–H and O–H groups in total. The molecular weight excluding hydrogens is 540 g/mol. The Morgan fingerprint density at radius 2 is 1.85 bits per heavy atom. The van der Waals surface area contributed by atoms with Crippen LogP contribution in [-0.2, 0) is 11.3 Å². The molecule has 41 heavy (non-hydrogen) atoms. The number of pyridine rings is 1. The van der Waals surface area contributed by atoms with Gasteiger partial charge >= 0.3 is 0 Å². The third-order valence-corrected chi connectivity index (χ3v) is 8.09. The van der Waals surface area contributed by atoms with Gasteiger partial charge in [0.2, 0.25) is 11.8 Å². The Balaban J connectivity index is 1.25. The first kappa shape index (κ1) is 27.0. The lowest BCUT2D eigenvalue weighted by molar-refractivity contribution is -0.124. The van der Waals surface area contributed by atoms with Crippen LogP contribution in [0, 0.1) is 5.92 Å². The molecule has 2 aliphatic rings. The van der Waals surface area contributed by atoms with Crippen LogP contribution in [0.4, 0.5) is 11.5 Å². The summed E-state index contributed by atoms with van der Waals surface area (Å²) < 4.78 is 5.29. The van der Waals surface area contributed by atoms with E-state index in [1.807, 2.05) is 30.3 Å². The molecule has 0 unspecified atom stereocenters. The maximum Gasteiger partial charge on any atom is 0.257 e. The van der Waals surface area contributed by atoms with Crippen LogP contribution in [0.3, 0.4) is 0 Å². The monoisotopic (exact) mass is 570 g/mol. The summed E-state index contributed by atoms with van der Waals surface area (Å²) in [5.41, 5.74) is 3.24. The summed E-state index contributed by atoms with van der Waals surface area (Å²) in [5.74, 6) is 1.72. The standard InChI is InChI=1S/C31H31ClN6O3/c1-41-27-16-21(11-12-33-27)28-36-26-17-22(8-9-23(26)29(37-28)38-13-4-14-38)35-31(40)24-15-19(7-10-25(24)32)18-34-30(39)20-5-2-3-6-20/h7-12,15-17,20H,2-6,13-14,18H2,1H3,(H,34,39)(H,35,40). The molecule has 2 fully saturated rings. The van der Waals surface area contributed by atoms with Crippen molar-refractivity contribution >= 4 is 45.8 Å². The smallest absolute Gasteiger partial charge is 0.257 e. The van der Waals surface area contributed by atoms with Crippen LogP contribution < -0.4 is 20.3 Å². The van der Waals surface area contributed by atoms with Crippen LogP contribution in [0.5, 0.6) is 5.88 Å². The van der Waals surface area contributed by atoms with Crippen molar-refractivity contribution in [2.24, 2.45) is 5.92 Å². The number of anilines is 2. The number of amides is 2. The first-order chi connectivity index (χ1) is 20.0. The molecular formula is C31H31ClN6O3. The first-order valence-corrected chi connectivity index (χ1v) is 14.3. The summed E-state index contributed by atoms with van der Waals surface area (Å²) >= 11 is 6.42. The van der Waals surface area contributed by atoms with Gasteiger partial charge in [0, 0.05) is 54.5 Å². The van der Waals surface area contributed by atoms with Gasteiger partial charge in [-0.2, -0.15) is 0 Å². The third kappa shape index (κ3) is 5.81. The highest BCUT2D eigenvalue weighted by Crippen LogP contribution is 2.32. The molecule has 0 spiro atoms. The molecule has 0 bridgehead atoms. The summed E-state index contributed by atoms with van der Waals surface area (Å²) in [6.45, 7) is 2.21. The highest BCUT2D eigenvalue weighted by Gasteiger charge is 2.23. The van der Waals surface area contributed by atoms with Crippen molar-refractivity contribution < 1.29 is 14.3 Å². The zero-order valence-electron chi connectivity index (χ0n) is 22.8. The minimum absolute atomic E-state index is 0.0729. The molecule has 4 aromatic rings. The Kier molecular flexibility index (Phi) is 7.69. The lowest BCUT2D eigenvalue weighted by Crippen LogP contribution is -2.37. The average molecular weight is 571 g/mol. The minimum atomic E-state index is -0.338. The van der Waals surface area contributed by atoms with Crippen LogP contribution >= 0.6 is 11.6 Å². The lowest BCUT2D eigenvalue weighted by atomic mass is 10.1. The Hall–Kier alpha value is -4.24. The molecule has 1 aliphatic carbocycles. The number of methoxy groups -OCH3 is 1. The van der Waals surface area contributed by atoms with E-state index in [4.69, 9.17) is 26.3 Å². The van der Waals surface area contributed by atoms with E-state index < -0.39 is 0 Å². The van der Waals surface area contributed by atoms with Crippen molar-refractivity contribution in [3.63, 3.8) is 0 Å². The summed E-state index contributed by atoms with van der Waals surface area (Å²) in [6, 6.07) is 14.5. The maximum absolute atomic E-state index is 13.3. The second-order valence-electron chi connectivity index (χ2n) is 10.5. The van der Waals surface area contributed by atoms with Crippen LogP contribution in [0.2, 0.25) is 5.02 Å². The fraction of sp³-hybridized carbons (Fsp3) is 0.323. The Morgan fingerprint density at radius 3 is 2.61 bits per heavy atom. The van der Waals surface area contributed by atoms with Gasteiger partial charge in [0.25, 0.3) is 5.91 Å². The van der Waals surface area contributed by atoms with Gasteiger partial charge in [0.15, 0.2) is 5.82 Å². The Bertz CT molecular complexity index is 1620. The number of carbonyl (C=O) groups is 2. The van der Waals surface area contributed by atoms with Gasteiger partial charge in [-0.3, -0.25) is 9.59 Å². The molecule has 2 aromatic heterocycles. The molecule has 3 heterocycles. The van der Waals surface area contributed by atoms with Crippen LogP contribution in [-0.4, -0.2) is 47.0 Å². The number of hydrogen-bond donors (Lipinski definition) is 2. The van der Waals surface area contributed by atoms with Crippen molar-refractivity contribution in [1.82, 2.24) is 20.3 Å². The van der Waals surface area contributed by atoms with E-state index in [-0.39, 0.29) is 17.7 Å². The molecule has 9 nitrogen and oxygen atoms in total. The van der Waals surface area contributed by atoms with Gasteiger partial charge in [-0.25, -0.2) is 15.0 Å². The number of nitrogens with one attached hydrogen (secondary N) is 2. The van der Waals surface area contributed by atoms with Crippen LogP contribution in [0.1, 0.15) is 48.0 Å². The van der Waals surface area contributed by atoms with E-state index in [2.05, 4.69) is 20.5 Å². The number of benzene rings is 2. The highest BCUT2D eigenvalue weighted by molar-refractivity contribution is 6.34. The van der Waals surface area contributed by atoms with Crippen molar-refractivity contribution in [1.29, 1.82) is 0 Å². The summed E-state index contributed by atoms with van der Waals surface area (Å²) in [6.07, 6.45) is 6.86. The number of halogens is 1. The van der Waals surface area contributed by atoms with Gasteiger partial charge in [-0.15, -0.1) is 0 Å². The Morgan fingerprint density at radius 1 is 1.02 bits per heavy atom. The number of hydrogen-bond acceptors (Lipinski definition) is 7. The topological polar surface area (TPSA) is 109 Å². The molecule has 1 aliphatic heterocycles. The normalized spacial score (nSPS) is 15.0. The van der Waals surface area contributed by atoms with E-state index in [9.17, 15) is 9.59 Å².